The summed E-state index contributed by atoms with van der Waals surface area (Å²) in [5, 5.41) is 3.58. The lowest BCUT2D eigenvalue weighted by molar-refractivity contribution is 0.291. The highest BCUT2D eigenvalue weighted by Gasteiger charge is 2.24. The van der Waals surface area contributed by atoms with Gasteiger partial charge in [-0.2, -0.15) is 0 Å². The van der Waals surface area contributed by atoms with Gasteiger partial charge in [0, 0.05) is 6.04 Å². The molecule has 0 bridgehead atoms. The Kier molecular flexibility index (Phi) is 3.39. The fourth-order valence-corrected chi connectivity index (χ4v) is 2.37. The van der Waals surface area contributed by atoms with E-state index in [0.29, 0.717) is 12.0 Å². The second-order valence-electron chi connectivity index (χ2n) is 4.48. The van der Waals surface area contributed by atoms with E-state index in [-0.39, 0.29) is 0 Å². The zero-order valence-corrected chi connectivity index (χ0v) is 9.37. The van der Waals surface area contributed by atoms with Gasteiger partial charge in [0.25, 0.3) is 0 Å². The van der Waals surface area contributed by atoms with Gasteiger partial charge in [-0.25, -0.2) is 0 Å². The van der Waals surface area contributed by atoms with Crippen LogP contribution in [-0.4, -0.2) is 13.1 Å². The molecule has 0 aliphatic carbocycles. The molecule has 1 saturated heterocycles. The molecule has 3 N–H and O–H groups in total. The van der Waals surface area contributed by atoms with E-state index in [1.807, 2.05) is 0 Å². The minimum Gasteiger partial charge on any atom is -0.330 e. The van der Waals surface area contributed by atoms with Crippen LogP contribution in [0.5, 0.6) is 0 Å². The molecule has 1 fully saturated rings. The fraction of sp³-hybridized carbons (Fsp3) is 0.538. The number of rotatable bonds is 2. The Hall–Kier alpha value is -0.860. The van der Waals surface area contributed by atoms with Crippen molar-refractivity contribution in [1.29, 1.82) is 0 Å². The van der Waals surface area contributed by atoms with Crippen LogP contribution in [0, 0.1) is 12.8 Å². The van der Waals surface area contributed by atoms with Gasteiger partial charge in [0.2, 0.25) is 0 Å². The zero-order chi connectivity index (χ0) is 10.7. The summed E-state index contributed by atoms with van der Waals surface area (Å²) in [5.41, 5.74) is 8.52. The van der Waals surface area contributed by atoms with Crippen LogP contribution >= 0.6 is 0 Å². The first kappa shape index (κ1) is 10.7. The molecule has 0 unspecified atom stereocenters. The van der Waals surface area contributed by atoms with Crippen LogP contribution < -0.4 is 11.1 Å². The highest BCUT2D eigenvalue weighted by molar-refractivity contribution is 5.25. The fourth-order valence-electron chi connectivity index (χ4n) is 2.37. The summed E-state index contributed by atoms with van der Waals surface area (Å²) in [7, 11) is 0. The van der Waals surface area contributed by atoms with Crippen LogP contribution in [0.15, 0.2) is 24.3 Å². The molecule has 1 aliphatic heterocycles. The number of benzene rings is 1. The first-order valence-corrected chi connectivity index (χ1v) is 5.81. The number of hydrogen-bond donors (Lipinski definition) is 2. The second kappa shape index (κ2) is 4.77. The summed E-state index contributed by atoms with van der Waals surface area (Å²) in [6.45, 7) is 4.03. The molecule has 0 radical (unpaired) electrons. The highest BCUT2D eigenvalue weighted by Crippen LogP contribution is 2.28. The molecule has 2 nitrogen and oxygen atoms in total. The second-order valence-corrected chi connectivity index (χ2v) is 4.48. The maximum absolute atomic E-state index is 5.82. The van der Waals surface area contributed by atoms with E-state index in [9.17, 15) is 0 Å². The van der Waals surface area contributed by atoms with Crippen molar-refractivity contribution < 1.29 is 0 Å². The molecule has 0 saturated carbocycles. The van der Waals surface area contributed by atoms with Crippen molar-refractivity contribution in [2.24, 2.45) is 11.7 Å². The van der Waals surface area contributed by atoms with Gasteiger partial charge in [-0.1, -0.05) is 29.8 Å². The van der Waals surface area contributed by atoms with Crippen molar-refractivity contribution in [1.82, 2.24) is 5.32 Å². The van der Waals surface area contributed by atoms with Crippen LogP contribution in [0.4, 0.5) is 0 Å². The van der Waals surface area contributed by atoms with Crippen molar-refractivity contribution in [3.63, 3.8) is 0 Å². The summed E-state index contributed by atoms with van der Waals surface area (Å²) in [5.74, 6) is 0.599. The monoisotopic (exact) mass is 204 g/mol. The third-order valence-corrected chi connectivity index (χ3v) is 3.33. The van der Waals surface area contributed by atoms with Crippen molar-refractivity contribution >= 4 is 0 Å². The van der Waals surface area contributed by atoms with Crippen molar-refractivity contribution in [3.8, 4) is 0 Å². The quantitative estimate of drug-likeness (QED) is 0.773. The van der Waals surface area contributed by atoms with Crippen LogP contribution in [0.25, 0.3) is 0 Å². The molecule has 1 aromatic rings. The molecule has 0 spiro atoms. The van der Waals surface area contributed by atoms with Gasteiger partial charge in [0.05, 0.1) is 0 Å². The van der Waals surface area contributed by atoms with Crippen LogP contribution in [0.1, 0.15) is 30.0 Å². The van der Waals surface area contributed by atoms with E-state index < -0.39 is 0 Å². The number of nitrogens with two attached hydrogens (primary N) is 1. The van der Waals surface area contributed by atoms with Crippen LogP contribution in [0.3, 0.4) is 0 Å². The van der Waals surface area contributed by atoms with E-state index in [1.165, 1.54) is 24.0 Å². The maximum Gasteiger partial charge on any atom is 0.0360 e. The zero-order valence-electron chi connectivity index (χ0n) is 9.37. The minimum atomic E-state index is 0.462. The normalized spacial score (nSPS) is 26.5. The molecule has 2 heteroatoms. The van der Waals surface area contributed by atoms with E-state index in [0.717, 1.165) is 13.1 Å². The summed E-state index contributed by atoms with van der Waals surface area (Å²) in [6.07, 6.45) is 2.51. The van der Waals surface area contributed by atoms with Crippen LogP contribution in [0.2, 0.25) is 0 Å². The van der Waals surface area contributed by atoms with Gasteiger partial charge in [-0.05, 0) is 44.3 Å². The largest absolute Gasteiger partial charge is 0.330 e. The standard InChI is InChI=1S/C13H20N2/c1-10-4-6-11(7-5-10)13-12(9-14)3-2-8-15-13/h4-7,12-13,15H,2-3,8-9,14H2,1H3/t12-,13-/m1/s1. The molecule has 0 amide bonds. The molecule has 15 heavy (non-hydrogen) atoms. The Morgan fingerprint density at radius 3 is 2.73 bits per heavy atom. The minimum absolute atomic E-state index is 0.462. The third-order valence-electron chi connectivity index (χ3n) is 3.33. The van der Waals surface area contributed by atoms with E-state index in [4.69, 9.17) is 5.73 Å². The van der Waals surface area contributed by atoms with Crippen LogP contribution in [-0.2, 0) is 0 Å². The Bertz CT molecular complexity index is 305. The van der Waals surface area contributed by atoms with Crippen molar-refractivity contribution in [2.45, 2.75) is 25.8 Å². The SMILES string of the molecule is Cc1ccc([C@H]2NCCC[C@@H]2CN)cc1. The topological polar surface area (TPSA) is 38.0 Å². The molecule has 2 rings (SSSR count). The van der Waals surface area contributed by atoms with Crippen molar-refractivity contribution in [2.75, 3.05) is 13.1 Å². The third kappa shape index (κ3) is 2.39. The number of hydrogen-bond acceptors (Lipinski definition) is 2. The predicted molar refractivity (Wildman–Crippen MR) is 63.7 cm³/mol. The molecular weight excluding hydrogens is 184 g/mol. The molecule has 82 valence electrons. The lowest BCUT2D eigenvalue weighted by atomic mass is 9.86. The van der Waals surface area contributed by atoms with Gasteiger partial charge in [0.1, 0.15) is 0 Å². The smallest absolute Gasteiger partial charge is 0.0360 e. The average molecular weight is 204 g/mol. The summed E-state index contributed by atoms with van der Waals surface area (Å²) >= 11 is 0. The van der Waals surface area contributed by atoms with Gasteiger partial charge in [-0.3, -0.25) is 0 Å². The molecule has 0 aromatic heterocycles. The van der Waals surface area contributed by atoms with E-state index >= 15 is 0 Å². The molecule has 1 aliphatic rings. The molecular formula is C13H20N2. The Morgan fingerprint density at radius 2 is 2.07 bits per heavy atom. The summed E-state index contributed by atoms with van der Waals surface area (Å²) in [6, 6.07) is 9.27. The number of nitrogens with one attached hydrogen (secondary N) is 1. The van der Waals surface area contributed by atoms with E-state index in [2.05, 4.69) is 36.5 Å². The van der Waals surface area contributed by atoms with Gasteiger partial charge in [0.15, 0.2) is 0 Å². The van der Waals surface area contributed by atoms with Gasteiger partial charge >= 0.3 is 0 Å². The number of piperidine rings is 1. The molecule has 1 aromatic carbocycles. The van der Waals surface area contributed by atoms with Gasteiger partial charge in [-0.15, -0.1) is 0 Å². The van der Waals surface area contributed by atoms with Gasteiger partial charge < -0.3 is 11.1 Å². The lowest BCUT2D eigenvalue weighted by Crippen LogP contribution is -2.37. The summed E-state index contributed by atoms with van der Waals surface area (Å²) < 4.78 is 0. The Balaban J connectivity index is 2.16. The first-order chi connectivity index (χ1) is 7.31. The maximum atomic E-state index is 5.82. The van der Waals surface area contributed by atoms with E-state index in [1.54, 1.807) is 0 Å². The first-order valence-electron chi connectivity index (χ1n) is 5.81. The Morgan fingerprint density at radius 1 is 1.33 bits per heavy atom. The Labute approximate surface area is 91.9 Å². The molecule has 1 heterocycles. The number of aryl methyl sites for hydroxylation is 1. The van der Waals surface area contributed by atoms with Crippen molar-refractivity contribution in [3.05, 3.63) is 35.4 Å². The average Bonchev–Trinajstić information content (AvgIpc) is 2.30. The predicted octanol–water partition coefficient (Wildman–Crippen LogP) is 1.99. The highest BCUT2D eigenvalue weighted by atomic mass is 14.9. The molecule has 2 atom stereocenters. The summed E-state index contributed by atoms with van der Waals surface area (Å²) in [4.78, 5) is 0. The lowest BCUT2D eigenvalue weighted by Gasteiger charge is -2.32.